The van der Waals surface area contributed by atoms with Gasteiger partial charge in [-0.25, -0.2) is 0 Å². The van der Waals surface area contributed by atoms with Crippen LogP contribution >= 0.6 is 23.2 Å². The number of amides is 1. The van der Waals surface area contributed by atoms with E-state index < -0.39 is 11.9 Å². The molecule has 142 valence electrons. The molecule has 5 nitrogen and oxygen atoms in total. The van der Waals surface area contributed by atoms with Gasteiger partial charge in [-0.3, -0.25) is 9.59 Å². The molecule has 0 aliphatic carbocycles. The highest BCUT2D eigenvalue weighted by atomic mass is 35.5. The number of ether oxygens (including phenoxy) is 2. The standard InChI is InChI=1S/C20H19Cl2NO4/c1-12(13-2-4-16(21)5-3-13)23-19(24)11-27-20(25)15-8-14-9-17(22)6-7-18(14)26-10-15/h2-7,9,12,15H,8,10-11H2,1H3,(H,23,24)/t12-,15+/m1/s1. The molecule has 0 spiro atoms. The lowest BCUT2D eigenvalue weighted by atomic mass is 9.97. The highest BCUT2D eigenvalue weighted by Gasteiger charge is 2.28. The van der Waals surface area contributed by atoms with Crippen LogP contribution < -0.4 is 10.1 Å². The summed E-state index contributed by atoms with van der Waals surface area (Å²) in [7, 11) is 0. The summed E-state index contributed by atoms with van der Waals surface area (Å²) in [4.78, 5) is 24.3. The minimum Gasteiger partial charge on any atom is -0.492 e. The van der Waals surface area contributed by atoms with Crippen molar-refractivity contribution in [2.45, 2.75) is 19.4 Å². The van der Waals surface area contributed by atoms with Crippen LogP contribution in [0.3, 0.4) is 0 Å². The smallest absolute Gasteiger partial charge is 0.313 e. The van der Waals surface area contributed by atoms with Crippen LogP contribution in [0.25, 0.3) is 0 Å². The summed E-state index contributed by atoms with van der Waals surface area (Å²) < 4.78 is 10.7. The molecule has 7 heteroatoms. The molecule has 0 radical (unpaired) electrons. The van der Waals surface area contributed by atoms with E-state index >= 15 is 0 Å². The molecule has 1 aliphatic heterocycles. The van der Waals surface area contributed by atoms with E-state index in [0.717, 1.165) is 16.9 Å². The third kappa shape index (κ3) is 5.15. The number of hydrogen-bond donors (Lipinski definition) is 1. The van der Waals surface area contributed by atoms with Crippen molar-refractivity contribution in [3.05, 3.63) is 63.6 Å². The largest absolute Gasteiger partial charge is 0.492 e. The van der Waals surface area contributed by atoms with Crippen LogP contribution in [0.5, 0.6) is 5.75 Å². The summed E-state index contributed by atoms with van der Waals surface area (Å²) in [6.07, 6.45) is 0.470. The molecule has 0 saturated carbocycles. The molecule has 1 N–H and O–H groups in total. The van der Waals surface area contributed by atoms with Gasteiger partial charge in [-0.2, -0.15) is 0 Å². The molecule has 0 bridgehead atoms. The van der Waals surface area contributed by atoms with E-state index in [1.165, 1.54) is 0 Å². The van der Waals surface area contributed by atoms with Crippen molar-refractivity contribution in [1.29, 1.82) is 0 Å². The minimum atomic E-state index is -0.463. The number of fused-ring (bicyclic) bond motifs is 1. The second-order valence-electron chi connectivity index (χ2n) is 6.41. The first-order chi connectivity index (χ1) is 12.9. The highest BCUT2D eigenvalue weighted by Crippen LogP contribution is 2.30. The van der Waals surface area contributed by atoms with Crippen LogP contribution in [0.2, 0.25) is 10.0 Å². The maximum absolute atomic E-state index is 12.3. The van der Waals surface area contributed by atoms with Crippen LogP contribution in [-0.4, -0.2) is 25.1 Å². The topological polar surface area (TPSA) is 64.6 Å². The van der Waals surface area contributed by atoms with Crippen molar-refractivity contribution in [1.82, 2.24) is 5.32 Å². The van der Waals surface area contributed by atoms with Gasteiger partial charge in [-0.05, 0) is 54.8 Å². The second-order valence-corrected chi connectivity index (χ2v) is 7.29. The lowest BCUT2D eigenvalue weighted by Gasteiger charge is -2.24. The minimum absolute atomic E-state index is 0.219. The number of esters is 1. The molecule has 2 aromatic carbocycles. The molecular formula is C20H19Cl2NO4. The van der Waals surface area contributed by atoms with Gasteiger partial charge in [0, 0.05) is 10.0 Å². The van der Waals surface area contributed by atoms with Gasteiger partial charge in [-0.15, -0.1) is 0 Å². The maximum Gasteiger partial charge on any atom is 0.313 e. The summed E-state index contributed by atoms with van der Waals surface area (Å²) in [5.74, 6) is -0.573. The fourth-order valence-corrected chi connectivity index (χ4v) is 3.21. The number of benzene rings is 2. The molecule has 0 unspecified atom stereocenters. The molecule has 1 amide bonds. The van der Waals surface area contributed by atoms with Gasteiger partial charge in [0.1, 0.15) is 12.4 Å². The molecular weight excluding hydrogens is 389 g/mol. The summed E-state index contributed by atoms with van der Waals surface area (Å²) in [5.41, 5.74) is 1.77. The molecule has 2 atom stereocenters. The highest BCUT2D eigenvalue weighted by molar-refractivity contribution is 6.30. The van der Waals surface area contributed by atoms with Crippen molar-refractivity contribution in [3.63, 3.8) is 0 Å². The average Bonchev–Trinajstić information content (AvgIpc) is 2.66. The number of carbonyl (C=O) groups excluding carboxylic acids is 2. The Hall–Kier alpha value is -2.24. The van der Waals surface area contributed by atoms with Crippen LogP contribution in [0.15, 0.2) is 42.5 Å². The van der Waals surface area contributed by atoms with E-state index in [2.05, 4.69) is 5.32 Å². The molecule has 2 aromatic rings. The lowest BCUT2D eigenvalue weighted by Crippen LogP contribution is -2.34. The van der Waals surface area contributed by atoms with E-state index in [1.807, 2.05) is 19.1 Å². The molecule has 1 aliphatic rings. The fraction of sp³-hybridized carbons (Fsp3) is 0.300. The Bertz CT molecular complexity index is 838. The Morgan fingerprint density at radius 1 is 1.19 bits per heavy atom. The van der Waals surface area contributed by atoms with Gasteiger partial charge < -0.3 is 14.8 Å². The molecule has 3 rings (SSSR count). The molecule has 0 aromatic heterocycles. The van der Waals surface area contributed by atoms with Gasteiger partial charge in [0.2, 0.25) is 0 Å². The van der Waals surface area contributed by atoms with Crippen LogP contribution in [0, 0.1) is 5.92 Å². The third-order valence-electron chi connectivity index (χ3n) is 4.36. The number of halogens is 2. The normalized spacial score (nSPS) is 16.6. The second kappa shape index (κ2) is 8.63. The summed E-state index contributed by atoms with van der Waals surface area (Å²) >= 11 is 11.8. The van der Waals surface area contributed by atoms with Crippen molar-refractivity contribution in [3.8, 4) is 5.75 Å². The first-order valence-corrected chi connectivity index (χ1v) is 9.30. The van der Waals surface area contributed by atoms with Crippen LogP contribution in [0.1, 0.15) is 24.1 Å². The van der Waals surface area contributed by atoms with Crippen molar-refractivity contribution < 1.29 is 19.1 Å². The van der Waals surface area contributed by atoms with E-state index in [-0.39, 0.29) is 25.2 Å². The fourth-order valence-electron chi connectivity index (χ4n) is 2.89. The van der Waals surface area contributed by atoms with E-state index in [1.54, 1.807) is 30.3 Å². The Morgan fingerprint density at radius 2 is 1.89 bits per heavy atom. The quantitative estimate of drug-likeness (QED) is 0.761. The Balaban J connectivity index is 1.49. The average molecular weight is 408 g/mol. The third-order valence-corrected chi connectivity index (χ3v) is 4.84. The maximum atomic E-state index is 12.3. The van der Waals surface area contributed by atoms with Crippen molar-refractivity contribution in [2.75, 3.05) is 13.2 Å². The Kier molecular flexibility index (Phi) is 6.24. The van der Waals surface area contributed by atoms with Gasteiger partial charge in [0.15, 0.2) is 6.61 Å². The summed E-state index contributed by atoms with van der Waals surface area (Å²) in [6.45, 7) is 1.73. The lowest BCUT2D eigenvalue weighted by molar-refractivity contribution is -0.154. The number of hydrogen-bond acceptors (Lipinski definition) is 4. The SMILES string of the molecule is C[C@@H](NC(=O)COC(=O)[C@@H]1COc2ccc(Cl)cc2C1)c1ccc(Cl)cc1. The monoisotopic (exact) mass is 407 g/mol. The zero-order valence-corrected chi connectivity index (χ0v) is 16.2. The number of rotatable bonds is 5. The van der Waals surface area contributed by atoms with Crippen LogP contribution in [0.4, 0.5) is 0 Å². The Morgan fingerprint density at radius 3 is 2.63 bits per heavy atom. The molecule has 0 fully saturated rings. The van der Waals surface area contributed by atoms with E-state index in [4.69, 9.17) is 32.7 Å². The predicted molar refractivity (Wildman–Crippen MR) is 103 cm³/mol. The Labute approximate surface area is 167 Å². The zero-order valence-electron chi connectivity index (χ0n) is 14.7. The predicted octanol–water partition coefficient (Wildman–Crippen LogP) is 3.97. The zero-order chi connectivity index (χ0) is 19.4. The van der Waals surface area contributed by atoms with Gasteiger partial charge in [-0.1, -0.05) is 35.3 Å². The van der Waals surface area contributed by atoms with Crippen LogP contribution in [-0.2, 0) is 20.7 Å². The van der Waals surface area contributed by atoms with Crippen molar-refractivity contribution in [2.24, 2.45) is 5.92 Å². The number of carbonyl (C=O) groups is 2. The molecule has 1 heterocycles. The van der Waals surface area contributed by atoms with E-state index in [0.29, 0.717) is 16.5 Å². The summed E-state index contributed by atoms with van der Waals surface area (Å²) in [5, 5.41) is 4.00. The first kappa shape index (κ1) is 19.5. The van der Waals surface area contributed by atoms with Gasteiger partial charge in [0.25, 0.3) is 5.91 Å². The van der Waals surface area contributed by atoms with Crippen molar-refractivity contribution >= 4 is 35.1 Å². The first-order valence-electron chi connectivity index (χ1n) is 8.55. The summed E-state index contributed by atoms with van der Waals surface area (Å²) in [6, 6.07) is 12.3. The van der Waals surface area contributed by atoms with Gasteiger partial charge in [0.05, 0.1) is 12.0 Å². The van der Waals surface area contributed by atoms with E-state index in [9.17, 15) is 9.59 Å². The molecule has 27 heavy (non-hydrogen) atoms. The van der Waals surface area contributed by atoms with Gasteiger partial charge >= 0.3 is 5.97 Å². The number of nitrogens with one attached hydrogen (secondary N) is 1. The molecule has 0 saturated heterocycles.